The SMILES string of the molecule is Cc1c(P(c2ccccc2)c2ccccc2)c(P(c2ccccc2)c2ccccc2)c(C)c2ccccc12. The van der Waals surface area contributed by atoms with Crippen molar-refractivity contribution < 1.29 is 0 Å². The smallest absolute Gasteiger partial charge is 0.00292 e. The number of aryl methyl sites for hydroxylation is 2. The van der Waals surface area contributed by atoms with E-state index in [9.17, 15) is 0 Å². The Bertz CT molecular complexity index is 1450. The molecule has 2 heteroatoms. The molecule has 6 aromatic carbocycles. The van der Waals surface area contributed by atoms with Gasteiger partial charge in [0.2, 0.25) is 0 Å². The Balaban J connectivity index is 1.77. The first kappa shape index (κ1) is 24.8. The van der Waals surface area contributed by atoms with E-state index in [2.05, 4.69) is 159 Å². The molecule has 0 aliphatic heterocycles. The topological polar surface area (TPSA) is 0 Å². The van der Waals surface area contributed by atoms with E-state index in [4.69, 9.17) is 0 Å². The molecule has 184 valence electrons. The molecule has 0 aliphatic rings. The zero-order valence-electron chi connectivity index (χ0n) is 21.8. The van der Waals surface area contributed by atoms with E-state index in [1.807, 2.05) is 0 Å². The molecule has 0 heterocycles. The molecule has 0 fully saturated rings. The van der Waals surface area contributed by atoms with Gasteiger partial charge in [0.15, 0.2) is 0 Å². The lowest BCUT2D eigenvalue weighted by atomic mass is 10.0. The number of fused-ring (bicyclic) bond motifs is 1. The van der Waals surface area contributed by atoms with Gasteiger partial charge in [-0.1, -0.05) is 146 Å². The predicted octanol–water partition coefficient (Wildman–Crippen LogP) is 6.97. The molecule has 0 spiro atoms. The predicted molar refractivity (Wildman–Crippen MR) is 171 cm³/mol. The normalized spacial score (nSPS) is 11.4. The van der Waals surface area contributed by atoms with E-state index in [1.165, 1.54) is 53.7 Å². The van der Waals surface area contributed by atoms with E-state index >= 15 is 0 Å². The molecule has 0 saturated heterocycles. The van der Waals surface area contributed by atoms with E-state index in [0.29, 0.717) is 0 Å². The molecule has 6 aromatic rings. The van der Waals surface area contributed by atoms with Crippen molar-refractivity contribution in [3.8, 4) is 0 Å². The van der Waals surface area contributed by atoms with Gasteiger partial charge in [-0.3, -0.25) is 0 Å². The van der Waals surface area contributed by atoms with Gasteiger partial charge < -0.3 is 0 Å². The first-order valence-electron chi connectivity index (χ1n) is 13.1. The highest BCUT2D eigenvalue weighted by molar-refractivity contribution is 7.85. The molecule has 0 N–H and O–H groups in total. The van der Waals surface area contributed by atoms with Crippen molar-refractivity contribution in [3.63, 3.8) is 0 Å². The summed E-state index contributed by atoms with van der Waals surface area (Å²) in [5.41, 5.74) is 2.80. The van der Waals surface area contributed by atoms with Crippen molar-refractivity contribution in [1.29, 1.82) is 0 Å². The van der Waals surface area contributed by atoms with E-state index in [1.54, 1.807) is 0 Å². The van der Waals surface area contributed by atoms with Crippen molar-refractivity contribution in [2.24, 2.45) is 0 Å². The largest absolute Gasteiger partial charge is 0.0622 e. The minimum absolute atomic E-state index is 0.774. The molecule has 0 bridgehead atoms. The summed E-state index contributed by atoms with van der Waals surface area (Å²) in [6.07, 6.45) is 0. The van der Waals surface area contributed by atoms with Gasteiger partial charge in [-0.15, -0.1) is 0 Å². The Morgan fingerprint density at radius 1 is 0.316 bits per heavy atom. The first-order valence-corrected chi connectivity index (χ1v) is 15.7. The fraction of sp³-hybridized carbons (Fsp3) is 0.0556. The van der Waals surface area contributed by atoms with Gasteiger partial charge in [0.25, 0.3) is 0 Å². The number of hydrogen-bond acceptors (Lipinski definition) is 0. The van der Waals surface area contributed by atoms with Crippen LogP contribution in [0.3, 0.4) is 0 Å². The van der Waals surface area contributed by atoms with Crippen LogP contribution in [0.15, 0.2) is 146 Å². The maximum absolute atomic E-state index is 2.35. The number of benzene rings is 6. The molecule has 0 aromatic heterocycles. The van der Waals surface area contributed by atoms with Gasteiger partial charge in [0.05, 0.1) is 0 Å². The quantitative estimate of drug-likeness (QED) is 0.206. The molecule has 0 unspecified atom stereocenters. The van der Waals surface area contributed by atoms with E-state index in [-0.39, 0.29) is 0 Å². The van der Waals surface area contributed by atoms with Crippen LogP contribution in [0, 0.1) is 13.8 Å². The monoisotopic (exact) mass is 524 g/mol. The van der Waals surface area contributed by atoms with Gasteiger partial charge in [-0.05, 0) is 83.4 Å². The average Bonchev–Trinajstić information content (AvgIpc) is 2.99. The maximum Gasteiger partial charge on any atom is -0.00292 e. The van der Waals surface area contributed by atoms with Crippen LogP contribution in [0.4, 0.5) is 0 Å². The standard InChI is InChI=1S/C36H30P2/c1-27-33-25-15-16-26-34(33)28(2)36(38(31-21-11-5-12-22-31)32-23-13-6-14-24-32)35(27)37(29-17-7-3-8-18-29)30-19-9-4-10-20-30/h3-26H,1-2H3. The van der Waals surface area contributed by atoms with Crippen molar-refractivity contribution in [1.82, 2.24) is 0 Å². The molecular formula is C36H30P2. The Labute approximate surface area is 228 Å². The van der Waals surface area contributed by atoms with Crippen molar-refractivity contribution in [3.05, 3.63) is 157 Å². The highest BCUT2D eigenvalue weighted by Crippen LogP contribution is 2.43. The van der Waals surface area contributed by atoms with Crippen molar-refractivity contribution in [2.75, 3.05) is 0 Å². The second kappa shape index (κ2) is 11.0. The molecule has 0 aliphatic carbocycles. The van der Waals surface area contributed by atoms with Crippen LogP contribution in [0.1, 0.15) is 11.1 Å². The Kier molecular flexibility index (Phi) is 7.20. The van der Waals surface area contributed by atoms with Gasteiger partial charge in [0, 0.05) is 0 Å². The van der Waals surface area contributed by atoms with Crippen molar-refractivity contribution in [2.45, 2.75) is 13.8 Å². The third-order valence-corrected chi connectivity index (χ3v) is 12.6. The molecule has 0 nitrogen and oxygen atoms in total. The minimum Gasteiger partial charge on any atom is -0.0622 e. The summed E-state index contributed by atoms with van der Waals surface area (Å²) in [7, 11) is -1.55. The molecule has 0 radical (unpaired) electrons. The number of hydrogen-bond donors (Lipinski definition) is 0. The van der Waals surface area contributed by atoms with Crippen LogP contribution in [0.5, 0.6) is 0 Å². The molecular weight excluding hydrogens is 494 g/mol. The second-order valence-electron chi connectivity index (χ2n) is 9.51. The van der Waals surface area contributed by atoms with Gasteiger partial charge in [0.1, 0.15) is 0 Å². The Morgan fingerprint density at radius 3 is 0.816 bits per heavy atom. The summed E-state index contributed by atoms with van der Waals surface area (Å²) in [6, 6.07) is 53.5. The molecule has 0 saturated carbocycles. The lowest BCUT2D eigenvalue weighted by Gasteiger charge is -2.31. The molecule has 0 atom stereocenters. The van der Waals surface area contributed by atoms with Crippen LogP contribution >= 0.6 is 15.8 Å². The third kappa shape index (κ3) is 4.61. The summed E-state index contributed by atoms with van der Waals surface area (Å²) in [6.45, 7) is 4.70. The van der Waals surface area contributed by atoms with Crippen LogP contribution < -0.4 is 31.8 Å². The van der Waals surface area contributed by atoms with Crippen LogP contribution in [0.25, 0.3) is 10.8 Å². The average molecular weight is 525 g/mol. The molecule has 38 heavy (non-hydrogen) atoms. The fourth-order valence-corrected chi connectivity index (χ4v) is 11.2. The molecule has 6 rings (SSSR count). The highest BCUT2D eigenvalue weighted by atomic mass is 31.1. The van der Waals surface area contributed by atoms with Crippen LogP contribution in [-0.4, -0.2) is 0 Å². The Morgan fingerprint density at radius 2 is 0.553 bits per heavy atom. The van der Waals surface area contributed by atoms with Gasteiger partial charge in [-0.2, -0.15) is 0 Å². The summed E-state index contributed by atoms with van der Waals surface area (Å²) in [5, 5.41) is 11.3. The lowest BCUT2D eigenvalue weighted by molar-refractivity contribution is 1.52. The van der Waals surface area contributed by atoms with Gasteiger partial charge in [-0.25, -0.2) is 0 Å². The minimum atomic E-state index is -0.774. The van der Waals surface area contributed by atoms with Crippen molar-refractivity contribution >= 4 is 58.4 Å². The summed E-state index contributed by atoms with van der Waals surface area (Å²) in [5.74, 6) is 0. The fourth-order valence-electron chi connectivity index (χ4n) is 5.42. The van der Waals surface area contributed by atoms with Crippen LogP contribution in [-0.2, 0) is 0 Å². The number of rotatable bonds is 6. The van der Waals surface area contributed by atoms with Gasteiger partial charge >= 0.3 is 0 Å². The molecule has 0 amide bonds. The first-order chi connectivity index (χ1) is 18.7. The Hall–Kier alpha value is -3.56. The zero-order valence-corrected chi connectivity index (χ0v) is 23.5. The van der Waals surface area contributed by atoms with Crippen LogP contribution in [0.2, 0.25) is 0 Å². The van der Waals surface area contributed by atoms with E-state index in [0.717, 1.165) is 0 Å². The summed E-state index contributed by atoms with van der Waals surface area (Å²) >= 11 is 0. The lowest BCUT2D eigenvalue weighted by Crippen LogP contribution is -2.38. The maximum atomic E-state index is 2.35. The zero-order chi connectivity index (χ0) is 25.9. The second-order valence-corrected chi connectivity index (χ2v) is 13.8. The summed E-state index contributed by atoms with van der Waals surface area (Å²) < 4.78 is 0. The highest BCUT2D eigenvalue weighted by Gasteiger charge is 2.30. The third-order valence-electron chi connectivity index (χ3n) is 7.17. The summed E-state index contributed by atoms with van der Waals surface area (Å²) in [4.78, 5) is 0. The van der Waals surface area contributed by atoms with E-state index < -0.39 is 15.8 Å².